The van der Waals surface area contributed by atoms with Gasteiger partial charge in [-0.05, 0) is 49.3 Å². The molecule has 1 aromatic carbocycles. The third-order valence-corrected chi connectivity index (χ3v) is 5.86. The monoisotopic (exact) mass is 359 g/mol. The predicted octanol–water partition coefficient (Wildman–Crippen LogP) is 4.04. The van der Waals surface area contributed by atoms with Crippen LogP contribution in [0.2, 0.25) is 5.02 Å². The number of terminal acetylenes is 1. The van der Waals surface area contributed by atoms with Crippen molar-refractivity contribution in [1.29, 1.82) is 0 Å². The van der Waals surface area contributed by atoms with Gasteiger partial charge in [-0.2, -0.15) is 0 Å². The van der Waals surface area contributed by atoms with Crippen molar-refractivity contribution in [1.82, 2.24) is 4.90 Å². The Morgan fingerprint density at radius 2 is 2.00 bits per heavy atom. The first-order valence-corrected chi connectivity index (χ1v) is 9.60. The van der Waals surface area contributed by atoms with Crippen LogP contribution in [-0.4, -0.2) is 37.1 Å². The van der Waals surface area contributed by atoms with Crippen molar-refractivity contribution in [3.63, 3.8) is 0 Å². The zero-order valence-electron chi connectivity index (χ0n) is 14.7. The highest BCUT2D eigenvalue weighted by Gasteiger charge is 2.45. The molecule has 1 atom stereocenters. The largest absolute Gasteiger partial charge is 0.368 e. The Kier molecular flexibility index (Phi) is 6.04. The van der Waals surface area contributed by atoms with Gasteiger partial charge >= 0.3 is 0 Å². The zero-order valence-corrected chi connectivity index (χ0v) is 15.4. The summed E-state index contributed by atoms with van der Waals surface area (Å²) in [5.74, 6) is 3.17. The lowest BCUT2D eigenvalue weighted by molar-refractivity contribution is -0.139. The van der Waals surface area contributed by atoms with Gasteiger partial charge in [-0.3, -0.25) is 4.79 Å². The van der Waals surface area contributed by atoms with Gasteiger partial charge in [-0.1, -0.05) is 42.5 Å². The number of halogens is 1. The van der Waals surface area contributed by atoms with Crippen molar-refractivity contribution in [2.75, 3.05) is 26.3 Å². The summed E-state index contributed by atoms with van der Waals surface area (Å²) in [4.78, 5) is 15.6. The molecule has 0 N–H and O–H groups in total. The smallest absolute Gasteiger partial charge is 0.233 e. The van der Waals surface area contributed by atoms with Gasteiger partial charge < -0.3 is 9.64 Å². The third-order valence-electron chi connectivity index (χ3n) is 5.61. The second kappa shape index (κ2) is 8.25. The highest BCUT2D eigenvalue weighted by molar-refractivity contribution is 6.30. The normalized spacial score (nSPS) is 22.6. The Hall–Kier alpha value is -1.50. The number of benzene rings is 1. The Morgan fingerprint density at radius 3 is 2.68 bits per heavy atom. The molecule has 1 aliphatic heterocycles. The van der Waals surface area contributed by atoms with E-state index in [9.17, 15) is 4.79 Å². The number of carbonyl (C=O) groups excluding carboxylic acids is 1. The van der Waals surface area contributed by atoms with Gasteiger partial charge in [0.25, 0.3) is 0 Å². The van der Waals surface area contributed by atoms with Crippen molar-refractivity contribution in [2.45, 2.75) is 43.9 Å². The number of hydrogen-bond donors (Lipinski definition) is 0. The molecule has 1 saturated carbocycles. The van der Waals surface area contributed by atoms with E-state index < -0.39 is 0 Å². The summed E-state index contributed by atoms with van der Waals surface area (Å²) < 4.78 is 5.51. The Morgan fingerprint density at radius 1 is 1.28 bits per heavy atom. The lowest BCUT2D eigenvalue weighted by Gasteiger charge is -2.39. The molecular weight excluding hydrogens is 334 g/mol. The van der Waals surface area contributed by atoms with Gasteiger partial charge in [0, 0.05) is 18.1 Å². The second-order valence-corrected chi connectivity index (χ2v) is 7.71. The molecule has 1 aliphatic carbocycles. The fraction of sp³-hybridized carbons (Fsp3) is 0.571. The summed E-state index contributed by atoms with van der Waals surface area (Å²) >= 11 is 6.05. The quantitative estimate of drug-likeness (QED) is 0.586. The third kappa shape index (κ3) is 4.02. The van der Waals surface area contributed by atoms with Crippen LogP contribution in [0.1, 0.15) is 44.1 Å². The van der Waals surface area contributed by atoms with Crippen LogP contribution in [0.4, 0.5) is 0 Å². The molecule has 2 aliphatic rings. The maximum Gasteiger partial charge on any atom is 0.233 e. The van der Waals surface area contributed by atoms with Gasteiger partial charge in [0.1, 0.15) is 6.61 Å². The number of likely N-dealkylation sites (tertiary alicyclic amines) is 1. The lowest BCUT2D eigenvalue weighted by Crippen LogP contribution is -2.50. The first-order valence-electron chi connectivity index (χ1n) is 9.22. The van der Waals surface area contributed by atoms with Crippen LogP contribution in [0.5, 0.6) is 0 Å². The minimum Gasteiger partial charge on any atom is -0.368 e. The molecule has 1 amide bonds. The summed E-state index contributed by atoms with van der Waals surface area (Å²) in [6.45, 7) is 2.61. The van der Waals surface area contributed by atoms with Gasteiger partial charge in [0.2, 0.25) is 5.91 Å². The summed E-state index contributed by atoms with van der Waals surface area (Å²) in [7, 11) is 0. The van der Waals surface area contributed by atoms with Crippen LogP contribution in [0.15, 0.2) is 24.3 Å². The average Bonchev–Trinajstić information content (AvgIpc) is 3.13. The highest BCUT2D eigenvalue weighted by atomic mass is 35.5. The van der Waals surface area contributed by atoms with Crippen LogP contribution in [-0.2, 0) is 14.9 Å². The van der Waals surface area contributed by atoms with Crippen molar-refractivity contribution in [2.24, 2.45) is 5.92 Å². The van der Waals surface area contributed by atoms with Gasteiger partial charge in [-0.25, -0.2) is 0 Å². The topological polar surface area (TPSA) is 29.5 Å². The van der Waals surface area contributed by atoms with E-state index in [1.165, 1.54) is 0 Å². The zero-order chi connectivity index (χ0) is 17.7. The number of rotatable bonds is 5. The molecular formula is C21H26ClNO2. The number of piperidine rings is 1. The lowest BCUT2D eigenvalue weighted by atomic mass is 9.77. The molecule has 0 bridgehead atoms. The minimum atomic E-state index is -0.369. The van der Waals surface area contributed by atoms with E-state index in [1.807, 2.05) is 24.3 Å². The fourth-order valence-corrected chi connectivity index (χ4v) is 4.47. The molecule has 1 saturated heterocycles. The van der Waals surface area contributed by atoms with E-state index in [0.717, 1.165) is 57.2 Å². The molecule has 1 aromatic rings. The summed E-state index contributed by atoms with van der Waals surface area (Å²) in [5.41, 5.74) is 0.747. The van der Waals surface area contributed by atoms with Crippen molar-refractivity contribution >= 4 is 17.5 Å². The molecule has 1 heterocycles. The SMILES string of the molecule is C#CCOCC1CCCN(C(=O)C2(c3ccc(Cl)cc3)CCCC2)C1. The molecule has 1 unspecified atom stereocenters. The summed E-state index contributed by atoms with van der Waals surface area (Å²) in [5, 5.41) is 0.716. The molecule has 2 fully saturated rings. The van der Waals surface area contributed by atoms with Crippen molar-refractivity contribution < 1.29 is 9.53 Å². The van der Waals surface area contributed by atoms with Crippen molar-refractivity contribution in [3.8, 4) is 12.3 Å². The molecule has 3 rings (SSSR count). The number of ether oxygens (including phenoxy) is 1. The van der Waals surface area contributed by atoms with Crippen LogP contribution in [0, 0.1) is 18.3 Å². The predicted molar refractivity (Wildman–Crippen MR) is 101 cm³/mol. The maximum absolute atomic E-state index is 13.5. The molecule has 4 heteroatoms. The Bertz CT molecular complexity index is 628. The van der Waals surface area contributed by atoms with Gasteiger partial charge in [0.15, 0.2) is 0 Å². The van der Waals surface area contributed by atoms with E-state index in [1.54, 1.807) is 0 Å². The fourth-order valence-electron chi connectivity index (χ4n) is 4.35. The van der Waals surface area contributed by atoms with Crippen LogP contribution >= 0.6 is 11.6 Å². The summed E-state index contributed by atoms with van der Waals surface area (Å²) in [6, 6.07) is 7.86. The molecule has 134 valence electrons. The van der Waals surface area contributed by atoms with Gasteiger partial charge in [-0.15, -0.1) is 6.42 Å². The molecule has 0 aromatic heterocycles. The van der Waals surface area contributed by atoms with Crippen molar-refractivity contribution in [3.05, 3.63) is 34.9 Å². The number of amides is 1. The highest BCUT2D eigenvalue weighted by Crippen LogP contribution is 2.43. The van der Waals surface area contributed by atoms with E-state index in [0.29, 0.717) is 24.2 Å². The standard InChI is InChI=1S/C21H26ClNO2/c1-2-14-25-16-17-6-5-13-23(15-17)20(24)21(11-3-4-12-21)18-7-9-19(22)10-8-18/h1,7-10,17H,3-6,11-16H2. The van der Waals surface area contributed by atoms with E-state index >= 15 is 0 Å². The summed E-state index contributed by atoms with van der Waals surface area (Å²) in [6.07, 6.45) is 11.5. The number of hydrogen-bond acceptors (Lipinski definition) is 2. The van der Waals surface area contributed by atoms with Crippen LogP contribution in [0.25, 0.3) is 0 Å². The molecule has 25 heavy (non-hydrogen) atoms. The van der Waals surface area contributed by atoms with Gasteiger partial charge in [0.05, 0.1) is 12.0 Å². The number of nitrogens with zero attached hydrogens (tertiary/aromatic N) is 1. The first kappa shape index (κ1) is 18.3. The second-order valence-electron chi connectivity index (χ2n) is 7.27. The average molecular weight is 360 g/mol. The van der Waals surface area contributed by atoms with E-state index in [4.69, 9.17) is 22.8 Å². The van der Waals surface area contributed by atoms with Crippen LogP contribution in [0.3, 0.4) is 0 Å². The molecule has 0 spiro atoms. The maximum atomic E-state index is 13.5. The first-order chi connectivity index (χ1) is 12.2. The number of carbonyl (C=O) groups is 1. The molecule has 0 radical (unpaired) electrons. The minimum absolute atomic E-state index is 0.286. The van der Waals surface area contributed by atoms with Crippen LogP contribution < -0.4 is 0 Å². The van der Waals surface area contributed by atoms with E-state index in [-0.39, 0.29) is 11.3 Å². The Balaban J connectivity index is 1.74. The Labute approximate surface area is 155 Å². The van der Waals surface area contributed by atoms with E-state index in [2.05, 4.69) is 10.8 Å². The molecule has 3 nitrogen and oxygen atoms in total.